The first-order valence-electron chi connectivity index (χ1n) is 12.0. The lowest BCUT2D eigenvalue weighted by Gasteiger charge is -2.32. The lowest BCUT2D eigenvalue weighted by molar-refractivity contribution is -0.139. The summed E-state index contributed by atoms with van der Waals surface area (Å²) in [5.74, 6) is -0.381. The van der Waals surface area contributed by atoms with Crippen molar-refractivity contribution in [3.8, 4) is 5.75 Å². The number of rotatable bonds is 11. The van der Waals surface area contributed by atoms with Gasteiger partial charge in [0.1, 0.15) is 18.3 Å². The number of nitrogens with one attached hydrogen (secondary N) is 1. The van der Waals surface area contributed by atoms with Gasteiger partial charge in [-0.25, -0.2) is 8.42 Å². The largest absolute Gasteiger partial charge is 0.497 e. The maximum absolute atomic E-state index is 13.8. The molecule has 196 valence electrons. The molecule has 37 heavy (non-hydrogen) atoms. The Morgan fingerprint density at radius 2 is 1.65 bits per heavy atom. The van der Waals surface area contributed by atoms with Crippen molar-refractivity contribution in [1.82, 2.24) is 10.2 Å². The Hall–Kier alpha value is -3.85. The highest BCUT2D eigenvalue weighted by Crippen LogP contribution is 2.27. The zero-order valence-corrected chi connectivity index (χ0v) is 22.4. The second-order valence-corrected chi connectivity index (χ2v) is 10.5. The molecule has 0 spiro atoms. The first kappa shape index (κ1) is 27.7. The third-order valence-corrected chi connectivity index (χ3v) is 7.73. The number of aryl methyl sites for hydroxylation is 1. The highest BCUT2D eigenvalue weighted by atomic mass is 32.2. The van der Waals surface area contributed by atoms with Crippen molar-refractivity contribution in [3.63, 3.8) is 0 Å². The zero-order valence-electron chi connectivity index (χ0n) is 21.5. The number of carbonyl (C=O) groups excluding carboxylic acids is 2. The van der Waals surface area contributed by atoms with E-state index >= 15 is 0 Å². The van der Waals surface area contributed by atoms with E-state index in [1.54, 1.807) is 50.2 Å². The van der Waals surface area contributed by atoms with Crippen LogP contribution in [0.15, 0.2) is 83.8 Å². The lowest BCUT2D eigenvalue weighted by Crippen LogP contribution is -2.51. The molecule has 8 nitrogen and oxygen atoms in total. The summed E-state index contributed by atoms with van der Waals surface area (Å²) >= 11 is 0. The van der Waals surface area contributed by atoms with E-state index in [2.05, 4.69) is 5.32 Å². The zero-order chi connectivity index (χ0) is 27.0. The highest BCUT2D eigenvalue weighted by molar-refractivity contribution is 7.92. The summed E-state index contributed by atoms with van der Waals surface area (Å²) in [6, 6.07) is 21.4. The number of carbonyl (C=O) groups is 2. The number of ether oxygens (including phenoxy) is 1. The van der Waals surface area contributed by atoms with E-state index in [0.717, 1.165) is 15.4 Å². The van der Waals surface area contributed by atoms with Gasteiger partial charge in [0.05, 0.1) is 17.7 Å². The summed E-state index contributed by atoms with van der Waals surface area (Å²) in [4.78, 5) is 27.9. The summed E-state index contributed by atoms with van der Waals surface area (Å²) in [5, 5.41) is 2.75. The molecule has 2 amide bonds. The second kappa shape index (κ2) is 12.4. The van der Waals surface area contributed by atoms with Gasteiger partial charge in [0.15, 0.2) is 0 Å². The van der Waals surface area contributed by atoms with Gasteiger partial charge in [0.25, 0.3) is 10.0 Å². The molecule has 0 aliphatic carbocycles. The van der Waals surface area contributed by atoms with Gasteiger partial charge in [-0.1, -0.05) is 54.1 Å². The molecule has 0 heterocycles. The van der Waals surface area contributed by atoms with Crippen molar-refractivity contribution < 1.29 is 22.7 Å². The molecule has 0 saturated heterocycles. The molecule has 1 atom stereocenters. The molecule has 0 bridgehead atoms. The minimum absolute atomic E-state index is 0.0557. The molecule has 9 heteroatoms. The number of anilines is 1. The number of methoxy groups -OCH3 is 1. The Morgan fingerprint density at radius 1 is 0.973 bits per heavy atom. The topological polar surface area (TPSA) is 96.0 Å². The number of amides is 2. The quantitative estimate of drug-likeness (QED) is 0.413. The number of hydrogen-bond acceptors (Lipinski definition) is 5. The maximum Gasteiger partial charge on any atom is 0.264 e. The van der Waals surface area contributed by atoms with Crippen LogP contribution in [0.25, 0.3) is 0 Å². The number of sulfonamides is 1. The van der Waals surface area contributed by atoms with Gasteiger partial charge in [-0.3, -0.25) is 13.9 Å². The highest BCUT2D eigenvalue weighted by Gasteiger charge is 2.32. The minimum Gasteiger partial charge on any atom is -0.497 e. The van der Waals surface area contributed by atoms with Crippen molar-refractivity contribution in [2.75, 3.05) is 24.5 Å². The summed E-state index contributed by atoms with van der Waals surface area (Å²) in [6.07, 6.45) is 0. The molecule has 0 radical (unpaired) electrons. The second-order valence-electron chi connectivity index (χ2n) is 8.60. The van der Waals surface area contributed by atoms with E-state index in [1.165, 1.54) is 24.1 Å². The summed E-state index contributed by atoms with van der Waals surface area (Å²) in [5.41, 5.74) is 2.01. The van der Waals surface area contributed by atoms with Gasteiger partial charge in [-0.15, -0.1) is 0 Å². The lowest BCUT2D eigenvalue weighted by atomic mass is 10.1. The fraction of sp³-hybridized carbons (Fsp3) is 0.286. The first-order chi connectivity index (χ1) is 17.7. The van der Waals surface area contributed by atoms with E-state index in [4.69, 9.17) is 4.74 Å². The maximum atomic E-state index is 13.8. The average molecular weight is 524 g/mol. The normalized spacial score (nSPS) is 11.9. The van der Waals surface area contributed by atoms with E-state index in [0.29, 0.717) is 12.3 Å². The molecule has 0 aliphatic heterocycles. The molecular formula is C28H33N3O5S. The van der Waals surface area contributed by atoms with Gasteiger partial charge in [-0.2, -0.15) is 0 Å². The Kier molecular flexibility index (Phi) is 9.30. The van der Waals surface area contributed by atoms with Gasteiger partial charge in [0, 0.05) is 19.2 Å². The molecule has 3 aromatic rings. The molecule has 0 fully saturated rings. The molecular weight excluding hydrogens is 490 g/mol. The molecule has 3 aromatic carbocycles. The van der Waals surface area contributed by atoms with Crippen molar-refractivity contribution in [3.05, 3.63) is 90.0 Å². The van der Waals surface area contributed by atoms with Crippen LogP contribution in [-0.4, -0.2) is 51.4 Å². The molecule has 0 saturated carbocycles. The third kappa shape index (κ3) is 6.89. The van der Waals surface area contributed by atoms with Gasteiger partial charge < -0.3 is 15.0 Å². The van der Waals surface area contributed by atoms with Crippen LogP contribution in [-0.2, 0) is 26.2 Å². The standard InChI is InChI=1S/C28H33N3O5S/c1-5-29-28(33)22(3)30(19-23-10-7-6-8-11-23)27(32)20-31(24-12-9-13-25(18-24)36-4)37(34,35)26-16-14-21(2)15-17-26/h6-18,22H,5,19-20H2,1-4H3,(H,29,33)/t22-/m1/s1. The fourth-order valence-electron chi connectivity index (χ4n) is 3.82. The fourth-order valence-corrected chi connectivity index (χ4v) is 5.22. The predicted octanol–water partition coefficient (Wildman–Crippen LogP) is 3.75. The van der Waals surface area contributed by atoms with Crippen molar-refractivity contribution >= 4 is 27.5 Å². The third-order valence-electron chi connectivity index (χ3n) is 5.94. The Bertz CT molecular complexity index is 1310. The average Bonchev–Trinajstić information content (AvgIpc) is 2.90. The number of hydrogen-bond donors (Lipinski definition) is 1. The number of benzene rings is 3. The van der Waals surface area contributed by atoms with E-state index in [1.807, 2.05) is 37.3 Å². The van der Waals surface area contributed by atoms with Crippen LogP contribution in [0.1, 0.15) is 25.0 Å². The number of likely N-dealkylation sites (N-methyl/N-ethyl adjacent to an activating group) is 1. The van der Waals surface area contributed by atoms with Crippen LogP contribution in [0, 0.1) is 6.92 Å². The van der Waals surface area contributed by atoms with Crippen LogP contribution in [0.3, 0.4) is 0 Å². The van der Waals surface area contributed by atoms with Crippen molar-refractivity contribution in [2.45, 2.75) is 38.3 Å². The molecule has 0 unspecified atom stereocenters. The van der Waals surface area contributed by atoms with Gasteiger partial charge in [-0.05, 0) is 50.6 Å². The van der Waals surface area contributed by atoms with E-state index in [9.17, 15) is 18.0 Å². The van der Waals surface area contributed by atoms with Crippen LogP contribution < -0.4 is 14.4 Å². The van der Waals surface area contributed by atoms with Gasteiger partial charge in [0.2, 0.25) is 11.8 Å². The monoisotopic (exact) mass is 523 g/mol. The van der Waals surface area contributed by atoms with Crippen molar-refractivity contribution in [1.29, 1.82) is 0 Å². The first-order valence-corrected chi connectivity index (χ1v) is 13.5. The Balaban J connectivity index is 2.04. The summed E-state index contributed by atoms with van der Waals surface area (Å²) in [7, 11) is -2.64. The smallest absolute Gasteiger partial charge is 0.264 e. The predicted molar refractivity (Wildman–Crippen MR) is 144 cm³/mol. The molecule has 3 rings (SSSR count). The van der Waals surface area contributed by atoms with Crippen LogP contribution in [0.2, 0.25) is 0 Å². The van der Waals surface area contributed by atoms with Gasteiger partial charge >= 0.3 is 0 Å². The number of nitrogens with zero attached hydrogens (tertiary/aromatic N) is 2. The summed E-state index contributed by atoms with van der Waals surface area (Å²) < 4.78 is 34.0. The van der Waals surface area contributed by atoms with Crippen LogP contribution in [0.4, 0.5) is 5.69 Å². The Labute approximate surface area is 218 Å². The molecule has 0 aliphatic rings. The molecule has 1 N–H and O–H groups in total. The molecule has 0 aromatic heterocycles. The summed E-state index contributed by atoms with van der Waals surface area (Å²) in [6.45, 7) is 5.36. The minimum atomic E-state index is -4.12. The van der Waals surface area contributed by atoms with Crippen molar-refractivity contribution in [2.24, 2.45) is 0 Å². The SMILES string of the molecule is CCNC(=O)[C@@H](C)N(Cc1ccccc1)C(=O)CN(c1cccc(OC)c1)S(=O)(=O)c1ccc(C)cc1. The van der Waals surface area contributed by atoms with Crippen LogP contribution >= 0.6 is 0 Å². The Morgan fingerprint density at radius 3 is 2.27 bits per heavy atom. The van der Waals surface area contributed by atoms with E-state index < -0.39 is 28.5 Å². The van der Waals surface area contributed by atoms with Crippen LogP contribution in [0.5, 0.6) is 5.75 Å². The van der Waals surface area contributed by atoms with E-state index in [-0.39, 0.29) is 23.0 Å².